The van der Waals surface area contributed by atoms with Crippen molar-refractivity contribution in [2.24, 2.45) is 5.92 Å². The highest BCUT2D eigenvalue weighted by Crippen LogP contribution is 2.23. The lowest BCUT2D eigenvalue weighted by Gasteiger charge is -2.08. The van der Waals surface area contributed by atoms with Crippen molar-refractivity contribution in [1.82, 2.24) is 9.55 Å². The Morgan fingerprint density at radius 3 is 2.82 bits per heavy atom. The summed E-state index contributed by atoms with van der Waals surface area (Å²) in [7, 11) is 0. The largest absolute Gasteiger partial charge is 0.397 e. The Bertz CT molecular complexity index is 517. The number of rotatable bonds is 4. The van der Waals surface area contributed by atoms with Crippen molar-refractivity contribution >= 4 is 16.7 Å². The van der Waals surface area contributed by atoms with Crippen LogP contribution in [0.2, 0.25) is 0 Å². The molecule has 17 heavy (non-hydrogen) atoms. The topological polar surface area (TPSA) is 64.1 Å². The first kappa shape index (κ1) is 11.9. The van der Waals surface area contributed by atoms with Gasteiger partial charge < -0.3 is 15.4 Å². The molecule has 0 aliphatic heterocycles. The summed E-state index contributed by atoms with van der Waals surface area (Å²) < 4.78 is 2.06. The summed E-state index contributed by atoms with van der Waals surface area (Å²) in [5.74, 6) is 1.53. The maximum Gasteiger partial charge on any atom is 0.112 e. The average molecular weight is 233 g/mol. The molecule has 0 saturated heterocycles. The van der Waals surface area contributed by atoms with Gasteiger partial charge in [0.2, 0.25) is 0 Å². The number of imidazole rings is 1. The summed E-state index contributed by atoms with van der Waals surface area (Å²) >= 11 is 0. The molecule has 92 valence electrons. The third kappa shape index (κ3) is 2.26. The van der Waals surface area contributed by atoms with Gasteiger partial charge in [0.25, 0.3) is 0 Å². The Balaban J connectivity index is 2.57. The second kappa shape index (κ2) is 4.75. The second-order valence-electron chi connectivity index (χ2n) is 4.72. The molecule has 4 heteroatoms. The molecule has 0 radical (unpaired) electrons. The molecular weight excluding hydrogens is 214 g/mol. The van der Waals surface area contributed by atoms with Gasteiger partial charge in [0.15, 0.2) is 0 Å². The van der Waals surface area contributed by atoms with Crippen LogP contribution >= 0.6 is 0 Å². The fourth-order valence-electron chi connectivity index (χ4n) is 2.09. The van der Waals surface area contributed by atoms with Crippen molar-refractivity contribution in [3.8, 4) is 0 Å². The fraction of sp³-hybridized carbons (Fsp3) is 0.462. The van der Waals surface area contributed by atoms with Crippen LogP contribution in [0, 0.1) is 5.92 Å². The zero-order valence-electron chi connectivity index (χ0n) is 10.3. The number of fused-ring (bicyclic) bond motifs is 1. The molecule has 4 nitrogen and oxygen atoms in total. The number of nitrogen functional groups attached to an aromatic ring is 1. The minimum atomic E-state index is 0.116. The van der Waals surface area contributed by atoms with E-state index >= 15 is 0 Å². The number of aliphatic hydroxyl groups excluding tert-OH is 1. The van der Waals surface area contributed by atoms with Crippen LogP contribution in [0.4, 0.5) is 5.69 Å². The van der Waals surface area contributed by atoms with Crippen LogP contribution in [0.5, 0.6) is 0 Å². The van der Waals surface area contributed by atoms with Crippen molar-refractivity contribution in [1.29, 1.82) is 0 Å². The third-order valence-electron chi connectivity index (χ3n) is 2.80. The molecular formula is C13H19N3O. The molecule has 1 aromatic carbocycles. The summed E-state index contributed by atoms with van der Waals surface area (Å²) in [6, 6.07) is 5.78. The minimum absolute atomic E-state index is 0.116. The Hall–Kier alpha value is -1.55. The Kier molecular flexibility index (Phi) is 3.33. The van der Waals surface area contributed by atoms with Crippen LogP contribution in [0.1, 0.15) is 19.7 Å². The van der Waals surface area contributed by atoms with E-state index in [0.717, 1.165) is 23.3 Å². The normalized spacial score (nSPS) is 11.5. The van der Waals surface area contributed by atoms with E-state index in [-0.39, 0.29) is 6.61 Å². The number of hydrogen-bond acceptors (Lipinski definition) is 3. The van der Waals surface area contributed by atoms with E-state index in [0.29, 0.717) is 18.2 Å². The van der Waals surface area contributed by atoms with Gasteiger partial charge in [-0.3, -0.25) is 0 Å². The SMILES string of the molecule is CC(C)Cc1nc2c(N)cccc2n1CCO. The number of anilines is 1. The molecule has 0 aliphatic carbocycles. The standard InChI is InChI=1S/C13H19N3O/c1-9(2)8-12-15-13-10(14)4-3-5-11(13)16(12)6-7-17/h3-5,9,17H,6-8,14H2,1-2H3. The molecule has 3 N–H and O–H groups in total. The van der Waals surface area contributed by atoms with E-state index in [1.54, 1.807) is 0 Å². The van der Waals surface area contributed by atoms with Gasteiger partial charge >= 0.3 is 0 Å². The smallest absolute Gasteiger partial charge is 0.112 e. The summed E-state index contributed by atoms with van der Waals surface area (Å²) in [6.45, 7) is 5.01. The number of benzene rings is 1. The molecule has 0 atom stereocenters. The average Bonchev–Trinajstić information content (AvgIpc) is 2.59. The number of aromatic nitrogens is 2. The van der Waals surface area contributed by atoms with E-state index in [9.17, 15) is 0 Å². The molecule has 1 aromatic heterocycles. The summed E-state index contributed by atoms with van der Waals surface area (Å²) in [6.07, 6.45) is 0.897. The molecule has 0 bridgehead atoms. The van der Waals surface area contributed by atoms with Gasteiger partial charge in [0.1, 0.15) is 11.3 Å². The van der Waals surface area contributed by atoms with Crippen molar-refractivity contribution in [2.45, 2.75) is 26.8 Å². The van der Waals surface area contributed by atoms with Crippen molar-refractivity contribution in [3.63, 3.8) is 0 Å². The van der Waals surface area contributed by atoms with Gasteiger partial charge in [-0.1, -0.05) is 19.9 Å². The minimum Gasteiger partial charge on any atom is -0.397 e. The van der Waals surface area contributed by atoms with Gasteiger partial charge in [0.05, 0.1) is 17.8 Å². The highest BCUT2D eigenvalue weighted by Gasteiger charge is 2.12. The molecule has 1 heterocycles. The lowest BCUT2D eigenvalue weighted by molar-refractivity contribution is 0.275. The molecule has 2 rings (SSSR count). The predicted molar refractivity (Wildman–Crippen MR) is 69.8 cm³/mol. The lowest BCUT2D eigenvalue weighted by atomic mass is 10.1. The fourth-order valence-corrected chi connectivity index (χ4v) is 2.09. The molecule has 0 aliphatic rings. The van der Waals surface area contributed by atoms with Crippen LogP contribution in [0.15, 0.2) is 18.2 Å². The zero-order chi connectivity index (χ0) is 12.4. The number of nitrogens with zero attached hydrogens (tertiary/aromatic N) is 2. The van der Waals surface area contributed by atoms with Gasteiger partial charge in [0, 0.05) is 13.0 Å². The van der Waals surface area contributed by atoms with E-state index in [4.69, 9.17) is 10.8 Å². The summed E-state index contributed by atoms with van der Waals surface area (Å²) in [5, 5.41) is 9.15. The maximum atomic E-state index is 9.15. The van der Waals surface area contributed by atoms with E-state index < -0.39 is 0 Å². The Morgan fingerprint density at radius 2 is 2.18 bits per heavy atom. The van der Waals surface area contributed by atoms with E-state index in [2.05, 4.69) is 23.4 Å². The van der Waals surface area contributed by atoms with Crippen LogP contribution in [-0.2, 0) is 13.0 Å². The molecule has 0 amide bonds. The molecule has 0 unspecified atom stereocenters. The predicted octanol–water partition coefficient (Wildman–Crippen LogP) is 1.81. The lowest BCUT2D eigenvalue weighted by Crippen LogP contribution is -2.09. The molecule has 2 aromatic rings. The van der Waals surface area contributed by atoms with E-state index in [1.807, 2.05) is 18.2 Å². The molecule has 0 fully saturated rings. The third-order valence-corrected chi connectivity index (χ3v) is 2.80. The number of hydrogen-bond donors (Lipinski definition) is 2. The first-order valence-electron chi connectivity index (χ1n) is 5.98. The van der Waals surface area contributed by atoms with Crippen molar-refractivity contribution < 1.29 is 5.11 Å². The quantitative estimate of drug-likeness (QED) is 0.792. The highest BCUT2D eigenvalue weighted by atomic mass is 16.3. The number of nitrogens with two attached hydrogens (primary N) is 1. The highest BCUT2D eigenvalue weighted by molar-refractivity contribution is 5.87. The Morgan fingerprint density at radius 1 is 1.41 bits per heavy atom. The van der Waals surface area contributed by atoms with Crippen LogP contribution in [-0.4, -0.2) is 21.3 Å². The van der Waals surface area contributed by atoms with Gasteiger partial charge in [-0.2, -0.15) is 0 Å². The van der Waals surface area contributed by atoms with Gasteiger partial charge in [-0.15, -0.1) is 0 Å². The summed E-state index contributed by atoms with van der Waals surface area (Å²) in [4.78, 5) is 4.60. The number of para-hydroxylation sites is 1. The Labute approximate surface area is 101 Å². The van der Waals surface area contributed by atoms with Crippen LogP contribution in [0.3, 0.4) is 0 Å². The zero-order valence-corrected chi connectivity index (χ0v) is 10.3. The molecule has 0 spiro atoms. The second-order valence-corrected chi connectivity index (χ2v) is 4.72. The maximum absolute atomic E-state index is 9.15. The van der Waals surface area contributed by atoms with Crippen LogP contribution in [0.25, 0.3) is 11.0 Å². The van der Waals surface area contributed by atoms with E-state index in [1.165, 1.54) is 0 Å². The van der Waals surface area contributed by atoms with Gasteiger partial charge in [-0.25, -0.2) is 4.98 Å². The van der Waals surface area contributed by atoms with Crippen LogP contribution < -0.4 is 5.73 Å². The van der Waals surface area contributed by atoms with Crippen molar-refractivity contribution in [3.05, 3.63) is 24.0 Å². The first-order chi connectivity index (χ1) is 8.13. The van der Waals surface area contributed by atoms with Gasteiger partial charge in [-0.05, 0) is 18.1 Å². The molecule has 0 saturated carbocycles. The monoisotopic (exact) mass is 233 g/mol. The first-order valence-corrected chi connectivity index (χ1v) is 5.98. The number of aliphatic hydroxyl groups is 1. The van der Waals surface area contributed by atoms with Crippen molar-refractivity contribution in [2.75, 3.05) is 12.3 Å². The summed E-state index contributed by atoms with van der Waals surface area (Å²) in [5.41, 5.74) is 8.48.